The molecule has 33 heavy (non-hydrogen) atoms. The molecule has 9 heteroatoms. The van der Waals surface area contributed by atoms with Crippen LogP contribution >= 0.6 is 23.2 Å². The summed E-state index contributed by atoms with van der Waals surface area (Å²) in [6, 6.07) is 14.0. The van der Waals surface area contributed by atoms with E-state index in [9.17, 15) is 14.4 Å². The van der Waals surface area contributed by atoms with Gasteiger partial charge in [0.05, 0.1) is 0 Å². The maximum Gasteiger partial charge on any atom is 0.255 e. The molecule has 1 atom stereocenters. The molecule has 2 heterocycles. The molecule has 2 aromatic carbocycles. The van der Waals surface area contributed by atoms with Crippen molar-refractivity contribution in [1.82, 2.24) is 9.88 Å². The molecular formula is C24H20Cl2N4O3. The molecule has 0 bridgehead atoms. The highest BCUT2D eigenvalue weighted by atomic mass is 35.5. The topological polar surface area (TPSA) is 91.4 Å². The van der Waals surface area contributed by atoms with Gasteiger partial charge in [-0.3, -0.25) is 19.4 Å². The number of halogens is 2. The van der Waals surface area contributed by atoms with Crippen molar-refractivity contribution >= 4 is 52.3 Å². The van der Waals surface area contributed by atoms with Crippen LogP contribution in [-0.4, -0.2) is 40.2 Å². The van der Waals surface area contributed by atoms with Gasteiger partial charge in [-0.15, -0.1) is 0 Å². The van der Waals surface area contributed by atoms with Crippen molar-refractivity contribution in [2.45, 2.75) is 18.9 Å². The minimum absolute atomic E-state index is 0.303. The third-order valence-electron chi connectivity index (χ3n) is 5.26. The fourth-order valence-corrected chi connectivity index (χ4v) is 4.25. The van der Waals surface area contributed by atoms with E-state index in [0.717, 1.165) is 0 Å². The van der Waals surface area contributed by atoms with Gasteiger partial charge in [-0.2, -0.15) is 0 Å². The maximum atomic E-state index is 13.0. The van der Waals surface area contributed by atoms with Gasteiger partial charge < -0.3 is 15.5 Å². The second-order valence-corrected chi connectivity index (χ2v) is 8.45. The number of aromatic nitrogens is 1. The Bertz CT molecular complexity index is 1180. The quantitative estimate of drug-likeness (QED) is 0.541. The predicted molar refractivity (Wildman–Crippen MR) is 128 cm³/mol. The van der Waals surface area contributed by atoms with Crippen molar-refractivity contribution in [3.8, 4) is 0 Å². The number of rotatable bonds is 5. The Morgan fingerprint density at radius 1 is 0.879 bits per heavy atom. The van der Waals surface area contributed by atoms with Crippen molar-refractivity contribution < 1.29 is 14.4 Å². The minimum atomic E-state index is -0.635. The Hall–Kier alpha value is -3.42. The minimum Gasteiger partial charge on any atom is -0.327 e. The number of carbonyl (C=O) groups is 3. The van der Waals surface area contributed by atoms with Gasteiger partial charge >= 0.3 is 0 Å². The smallest absolute Gasteiger partial charge is 0.255 e. The summed E-state index contributed by atoms with van der Waals surface area (Å²) in [4.78, 5) is 44.0. The van der Waals surface area contributed by atoms with Crippen LogP contribution in [0.4, 0.5) is 11.4 Å². The van der Waals surface area contributed by atoms with Crippen LogP contribution in [0.5, 0.6) is 0 Å². The van der Waals surface area contributed by atoms with Gasteiger partial charge in [0.15, 0.2) is 0 Å². The molecule has 7 nitrogen and oxygen atoms in total. The molecule has 1 aromatic heterocycles. The number of hydrogen-bond acceptors (Lipinski definition) is 4. The van der Waals surface area contributed by atoms with Crippen LogP contribution in [0.1, 0.15) is 33.6 Å². The number of nitrogens with one attached hydrogen (secondary N) is 2. The molecule has 1 fully saturated rings. The fourth-order valence-electron chi connectivity index (χ4n) is 3.73. The first-order valence-corrected chi connectivity index (χ1v) is 11.1. The molecule has 0 saturated carbocycles. The van der Waals surface area contributed by atoms with Gasteiger partial charge in [0.25, 0.3) is 11.8 Å². The van der Waals surface area contributed by atoms with Gasteiger partial charge in [-0.05, 0) is 61.4 Å². The van der Waals surface area contributed by atoms with Crippen LogP contribution < -0.4 is 10.6 Å². The van der Waals surface area contributed by atoms with Crippen LogP contribution in [0.25, 0.3) is 0 Å². The van der Waals surface area contributed by atoms with E-state index in [-0.39, 0.29) is 17.7 Å². The molecule has 4 rings (SSSR count). The third-order valence-corrected chi connectivity index (χ3v) is 5.69. The van der Waals surface area contributed by atoms with Crippen LogP contribution in [-0.2, 0) is 4.79 Å². The summed E-state index contributed by atoms with van der Waals surface area (Å²) in [5.74, 6) is -0.934. The lowest BCUT2D eigenvalue weighted by molar-refractivity contribution is -0.119. The number of benzene rings is 2. The molecule has 1 unspecified atom stereocenters. The molecule has 1 aliphatic rings. The van der Waals surface area contributed by atoms with Gasteiger partial charge in [-0.25, -0.2) is 0 Å². The predicted octanol–water partition coefficient (Wildman–Crippen LogP) is 4.88. The summed E-state index contributed by atoms with van der Waals surface area (Å²) in [6.45, 7) is 0.454. The van der Waals surface area contributed by atoms with Crippen molar-refractivity contribution in [3.05, 3.63) is 88.2 Å². The van der Waals surface area contributed by atoms with Crippen molar-refractivity contribution in [3.63, 3.8) is 0 Å². The van der Waals surface area contributed by atoms with E-state index in [4.69, 9.17) is 23.2 Å². The highest BCUT2D eigenvalue weighted by Crippen LogP contribution is 2.25. The number of nitrogens with zero attached hydrogens (tertiary/aromatic N) is 2. The molecule has 3 amide bonds. The largest absolute Gasteiger partial charge is 0.327 e. The summed E-state index contributed by atoms with van der Waals surface area (Å²) >= 11 is 12.1. The molecule has 1 aliphatic heterocycles. The monoisotopic (exact) mass is 482 g/mol. The summed E-state index contributed by atoms with van der Waals surface area (Å²) < 4.78 is 0. The molecule has 1 saturated heterocycles. The zero-order valence-corrected chi connectivity index (χ0v) is 18.9. The van der Waals surface area contributed by atoms with E-state index >= 15 is 0 Å². The first-order valence-electron chi connectivity index (χ1n) is 10.3. The Balaban J connectivity index is 1.45. The van der Waals surface area contributed by atoms with Crippen LogP contribution in [0.3, 0.4) is 0 Å². The fraction of sp³-hybridized carbons (Fsp3) is 0.167. The Kier molecular flexibility index (Phi) is 6.91. The normalized spacial score (nSPS) is 15.2. The molecule has 0 spiro atoms. The van der Waals surface area contributed by atoms with Crippen LogP contribution in [0.2, 0.25) is 10.0 Å². The van der Waals surface area contributed by atoms with E-state index in [0.29, 0.717) is 51.9 Å². The molecule has 0 radical (unpaired) electrons. The van der Waals surface area contributed by atoms with E-state index in [1.54, 1.807) is 54.9 Å². The summed E-state index contributed by atoms with van der Waals surface area (Å²) in [6.07, 6.45) is 4.40. The molecule has 168 valence electrons. The first-order chi connectivity index (χ1) is 15.9. The zero-order chi connectivity index (χ0) is 23.4. The van der Waals surface area contributed by atoms with Crippen molar-refractivity contribution in [1.29, 1.82) is 0 Å². The molecule has 0 aliphatic carbocycles. The van der Waals surface area contributed by atoms with Gasteiger partial charge in [0, 0.05) is 51.5 Å². The number of likely N-dealkylation sites (tertiary alicyclic amines) is 1. The van der Waals surface area contributed by atoms with Crippen molar-refractivity contribution in [2.75, 3.05) is 17.2 Å². The number of amides is 3. The molecular weight excluding hydrogens is 463 g/mol. The van der Waals surface area contributed by atoms with Gasteiger partial charge in [-0.1, -0.05) is 29.3 Å². The second-order valence-electron chi connectivity index (χ2n) is 7.57. The van der Waals surface area contributed by atoms with E-state index in [2.05, 4.69) is 15.6 Å². The average Bonchev–Trinajstić information content (AvgIpc) is 3.29. The molecule has 3 aromatic rings. The average molecular weight is 483 g/mol. The number of hydrogen-bond donors (Lipinski definition) is 2. The Morgan fingerprint density at radius 3 is 2.33 bits per heavy atom. The highest BCUT2D eigenvalue weighted by Gasteiger charge is 2.34. The molecule has 2 N–H and O–H groups in total. The Labute approximate surface area is 200 Å². The third kappa shape index (κ3) is 5.50. The number of anilines is 2. The van der Waals surface area contributed by atoms with Crippen molar-refractivity contribution in [2.24, 2.45) is 0 Å². The second kappa shape index (κ2) is 10.0. The first kappa shape index (κ1) is 22.8. The number of carbonyl (C=O) groups excluding carboxylic acids is 3. The van der Waals surface area contributed by atoms with Gasteiger partial charge in [0.1, 0.15) is 6.04 Å². The standard InChI is InChI=1S/C24H20Cl2N4O3/c25-17-11-16(12-18(26)14-17)24(33)30-10-2-5-21(30)23(32)29-20-4-1-3-15(13-20)22(31)28-19-6-8-27-9-7-19/h1,3-4,6-9,11-14,21H,2,5,10H2,(H,29,32)(H,27,28,31). The zero-order valence-electron chi connectivity index (χ0n) is 17.4. The SMILES string of the molecule is O=C(Nc1ccncc1)c1cccc(NC(=O)C2CCCN2C(=O)c2cc(Cl)cc(Cl)c2)c1. The lowest BCUT2D eigenvalue weighted by Gasteiger charge is -2.24. The van der Waals surface area contributed by atoms with E-state index in [1.165, 1.54) is 17.0 Å². The summed E-state index contributed by atoms with van der Waals surface area (Å²) in [5.41, 5.74) is 1.80. The van der Waals surface area contributed by atoms with E-state index in [1.807, 2.05) is 0 Å². The Morgan fingerprint density at radius 2 is 1.61 bits per heavy atom. The summed E-state index contributed by atoms with van der Waals surface area (Å²) in [7, 11) is 0. The highest BCUT2D eigenvalue weighted by molar-refractivity contribution is 6.35. The lowest BCUT2D eigenvalue weighted by atomic mass is 10.1. The van der Waals surface area contributed by atoms with E-state index < -0.39 is 6.04 Å². The van der Waals surface area contributed by atoms with Crippen LogP contribution in [0.15, 0.2) is 67.0 Å². The lowest BCUT2D eigenvalue weighted by Crippen LogP contribution is -2.43. The number of pyridine rings is 1. The summed E-state index contributed by atoms with van der Waals surface area (Å²) in [5, 5.41) is 6.31. The van der Waals surface area contributed by atoms with Crippen LogP contribution in [0, 0.1) is 0 Å². The van der Waals surface area contributed by atoms with Gasteiger partial charge in [0.2, 0.25) is 5.91 Å². The maximum absolute atomic E-state index is 13.0.